The molecule has 1 heterocycles. The van der Waals surface area contributed by atoms with Gasteiger partial charge in [0.05, 0.1) is 23.8 Å². The molecule has 2 N–H and O–H groups in total. The fraction of sp³-hybridized carbons (Fsp3) is 0.364. The molecule has 1 atom stereocenters. The van der Waals surface area contributed by atoms with Crippen LogP contribution < -0.4 is 19.7 Å². The zero-order valence-electron chi connectivity index (χ0n) is 19.0. The van der Waals surface area contributed by atoms with Gasteiger partial charge in [0.2, 0.25) is 5.91 Å². The first kappa shape index (κ1) is 25.6. The van der Waals surface area contributed by atoms with Crippen LogP contribution in [-0.4, -0.2) is 45.2 Å². The SMILES string of the molecule is CC(=O)NCC1CN(S(=O)(=O)c2ccc(F)cc2Cl)c2cc(NC(=O)OC(C)(C)C)ccc2O1. The maximum atomic E-state index is 13.6. The molecule has 0 saturated heterocycles. The summed E-state index contributed by atoms with van der Waals surface area (Å²) in [5.41, 5.74) is -0.331. The fourth-order valence-electron chi connectivity index (χ4n) is 3.21. The van der Waals surface area contributed by atoms with Gasteiger partial charge in [-0.05, 0) is 57.2 Å². The molecule has 2 aromatic rings. The molecule has 3 rings (SSSR count). The lowest BCUT2D eigenvalue weighted by Crippen LogP contribution is -2.48. The first-order valence-electron chi connectivity index (χ1n) is 10.3. The van der Waals surface area contributed by atoms with Gasteiger partial charge in [0.25, 0.3) is 10.0 Å². The minimum atomic E-state index is -4.27. The number of nitrogens with zero attached hydrogens (tertiary/aromatic N) is 1. The van der Waals surface area contributed by atoms with E-state index in [9.17, 15) is 22.4 Å². The Morgan fingerprint density at radius 2 is 1.94 bits per heavy atom. The van der Waals surface area contributed by atoms with Crippen molar-refractivity contribution in [3.63, 3.8) is 0 Å². The number of anilines is 2. The zero-order valence-corrected chi connectivity index (χ0v) is 20.6. The second-order valence-corrected chi connectivity index (χ2v) is 10.8. The number of sulfonamides is 1. The average Bonchev–Trinajstić information content (AvgIpc) is 2.69. The lowest BCUT2D eigenvalue weighted by Gasteiger charge is -2.36. The molecule has 0 bridgehead atoms. The molecule has 1 unspecified atom stereocenters. The maximum Gasteiger partial charge on any atom is 0.412 e. The van der Waals surface area contributed by atoms with E-state index < -0.39 is 33.6 Å². The molecule has 0 saturated carbocycles. The van der Waals surface area contributed by atoms with Gasteiger partial charge in [-0.3, -0.25) is 14.4 Å². The van der Waals surface area contributed by atoms with Crippen molar-refractivity contribution in [2.45, 2.75) is 44.3 Å². The van der Waals surface area contributed by atoms with Gasteiger partial charge < -0.3 is 14.8 Å². The van der Waals surface area contributed by atoms with Crippen LogP contribution in [0, 0.1) is 5.82 Å². The lowest BCUT2D eigenvalue weighted by molar-refractivity contribution is -0.119. The van der Waals surface area contributed by atoms with E-state index >= 15 is 0 Å². The van der Waals surface area contributed by atoms with Crippen LogP contribution in [0.4, 0.5) is 20.6 Å². The summed E-state index contributed by atoms with van der Waals surface area (Å²) in [6, 6.07) is 7.42. The van der Waals surface area contributed by atoms with Crippen molar-refractivity contribution in [2.75, 3.05) is 22.7 Å². The normalized spacial score (nSPS) is 15.7. The fourth-order valence-corrected chi connectivity index (χ4v) is 5.21. The quantitative estimate of drug-likeness (QED) is 0.626. The van der Waals surface area contributed by atoms with Crippen molar-refractivity contribution in [1.82, 2.24) is 5.32 Å². The number of amides is 2. The van der Waals surface area contributed by atoms with Gasteiger partial charge in [0.1, 0.15) is 28.2 Å². The Morgan fingerprint density at radius 1 is 1.24 bits per heavy atom. The maximum absolute atomic E-state index is 13.6. The highest BCUT2D eigenvalue weighted by Gasteiger charge is 2.36. The average molecular weight is 514 g/mol. The Kier molecular flexibility index (Phi) is 7.27. The molecule has 9 nitrogen and oxygen atoms in total. The number of ether oxygens (including phenoxy) is 2. The van der Waals surface area contributed by atoms with E-state index in [1.807, 2.05) is 0 Å². The summed E-state index contributed by atoms with van der Waals surface area (Å²) in [7, 11) is -4.27. The number of hydrogen-bond donors (Lipinski definition) is 2. The molecular weight excluding hydrogens is 489 g/mol. The van der Waals surface area contributed by atoms with Crippen LogP contribution in [0.25, 0.3) is 0 Å². The summed E-state index contributed by atoms with van der Waals surface area (Å²) in [5.74, 6) is -0.779. The minimum absolute atomic E-state index is 0.0514. The monoisotopic (exact) mass is 513 g/mol. The van der Waals surface area contributed by atoms with Crippen molar-refractivity contribution >= 4 is 45.0 Å². The molecule has 0 spiro atoms. The van der Waals surface area contributed by atoms with E-state index in [1.165, 1.54) is 25.1 Å². The molecule has 0 aromatic heterocycles. The largest absolute Gasteiger partial charge is 0.484 e. The smallest absolute Gasteiger partial charge is 0.412 e. The summed E-state index contributed by atoms with van der Waals surface area (Å²) < 4.78 is 52.8. The number of nitrogens with one attached hydrogen (secondary N) is 2. The molecule has 12 heteroatoms. The van der Waals surface area contributed by atoms with Crippen LogP contribution in [-0.2, 0) is 19.6 Å². The molecule has 0 radical (unpaired) electrons. The third-order valence-corrected chi connectivity index (χ3v) is 6.84. The van der Waals surface area contributed by atoms with Crippen molar-refractivity contribution in [1.29, 1.82) is 0 Å². The van der Waals surface area contributed by atoms with Gasteiger partial charge in [-0.2, -0.15) is 0 Å². The first-order chi connectivity index (χ1) is 15.8. The lowest BCUT2D eigenvalue weighted by atomic mass is 10.2. The van der Waals surface area contributed by atoms with Gasteiger partial charge in [0.15, 0.2) is 0 Å². The highest BCUT2D eigenvalue weighted by Crippen LogP contribution is 2.40. The highest BCUT2D eigenvalue weighted by molar-refractivity contribution is 7.93. The summed E-state index contributed by atoms with van der Waals surface area (Å²) >= 11 is 6.05. The number of hydrogen-bond acceptors (Lipinski definition) is 6. The van der Waals surface area contributed by atoms with Gasteiger partial charge in [-0.25, -0.2) is 17.6 Å². The minimum Gasteiger partial charge on any atom is -0.484 e. The molecule has 34 heavy (non-hydrogen) atoms. The van der Waals surface area contributed by atoms with Crippen LogP contribution in [0.3, 0.4) is 0 Å². The summed E-state index contributed by atoms with van der Waals surface area (Å²) in [6.45, 7) is 6.35. The molecule has 0 aliphatic carbocycles. The predicted octanol–water partition coefficient (Wildman–Crippen LogP) is 3.92. The highest BCUT2D eigenvalue weighted by atomic mass is 35.5. The van der Waals surface area contributed by atoms with E-state index in [2.05, 4.69) is 10.6 Å². The second kappa shape index (κ2) is 9.67. The van der Waals surface area contributed by atoms with Crippen LogP contribution in [0.2, 0.25) is 5.02 Å². The van der Waals surface area contributed by atoms with Gasteiger partial charge >= 0.3 is 6.09 Å². The van der Waals surface area contributed by atoms with Crippen LogP contribution >= 0.6 is 11.6 Å². The van der Waals surface area contributed by atoms with Crippen molar-refractivity contribution < 1.29 is 31.9 Å². The third kappa shape index (κ3) is 6.09. The number of benzene rings is 2. The van der Waals surface area contributed by atoms with Gasteiger partial charge in [0, 0.05) is 12.6 Å². The predicted molar refractivity (Wildman–Crippen MR) is 125 cm³/mol. The topological polar surface area (TPSA) is 114 Å². The van der Waals surface area contributed by atoms with Gasteiger partial charge in [-0.1, -0.05) is 11.6 Å². The Labute approximate surface area is 202 Å². The zero-order chi connectivity index (χ0) is 25.3. The van der Waals surface area contributed by atoms with Crippen molar-refractivity contribution in [3.8, 4) is 5.75 Å². The molecule has 0 fully saturated rings. The molecular formula is C22H25ClFN3O6S. The van der Waals surface area contributed by atoms with E-state index in [0.717, 1.165) is 22.5 Å². The van der Waals surface area contributed by atoms with E-state index in [4.69, 9.17) is 21.1 Å². The Bertz CT molecular complexity index is 1220. The molecule has 1 aliphatic rings. The van der Waals surface area contributed by atoms with Crippen LogP contribution in [0.5, 0.6) is 5.75 Å². The summed E-state index contributed by atoms with van der Waals surface area (Å²) in [6.07, 6.45) is -1.43. The van der Waals surface area contributed by atoms with Gasteiger partial charge in [-0.15, -0.1) is 0 Å². The molecule has 1 aliphatic heterocycles. The number of rotatable bonds is 5. The first-order valence-corrected chi connectivity index (χ1v) is 12.1. The number of carbonyl (C=O) groups excluding carboxylic acids is 2. The molecule has 184 valence electrons. The van der Waals surface area contributed by atoms with E-state index in [1.54, 1.807) is 20.8 Å². The summed E-state index contributed by atoms with van der Waals surface area (Å²) in [4.78, 5) is 23.2. The van der Waals surface area contributed by atoms with Crippen LogP contribution in [0.1, 0.15) is 27.7 Å². The number of carbonyl (C=O) groups is 2. The molecule has 2 aromatic carbocycles. The standard InChI is InChI=1S/C22H25ClFN3O6S/c1-13(28)25-11-16-12-27(34(30,31)20-8-5-14(24)9-17(20)23)18-10-15(6-7-19(18)32-16)26-21(29)33-22(2,3)4/h5-10,16H,11-12H2,1-4H3,(H,25,28)(H,26,29). The molecule has 2 amide bonds. The second-order valence-electron chi connectivity index (χ2n) is 8.60. The Balaban J connectivity index is 2.01. The number of fused-ring (bicyclic) bond motifs is 1. The Hall–Kier alpha value is -3.05. The number of halogens is 2. The van der Waals surface area contributed by atoms with Crippen molar-refractivity contribution in [3.05, 3.63) is 47.2 Å². The van der Waals surface area contributed by atoms with Crippen LogP contribution in [0.15, 0.2) is 41.3 Å². The van der Waals surface area contributed by atoms with E-state index in [-0.39, 0.29) is 46.0 Å². The van der Waals surface area contributed by atoms with Crippen molar-refractivity contribution in [2.24, 2.45) is 0 Å². The third-order valence-electron chi connectivity index (χ3n) is 4.58. The van der Waals surface area contributed by atoms with E-state index in [0.29, 0.717) is 0 Å². The summed E-state index contributed by atoms with van der Waals surface area (Å²) in [5, 5.41) is 4.88. The Morgan fingerprint density at radius 3 is 2.56 bits per heavy atom.